The van der Waals surface area contributed by atoms with E-state index in [0.29, 0.717) is 11.4 Å². The highest BCUT2D eigenvalue weighted by Gasteiger charge is 2.16. The highest BCUT2D eigenvalue weighted by atomic mass is 16.5. The van der Waals surface area contributed by atoms with Crippen molar-refractivity contribution in [2.45, 2.75) is 26.9 Å². The lowest BCUT2D eigenvalue weighted by molar-refractivity contribution is -0.122. The molecular weight excluding hydrogens is 278 g/mol. The van der Waals surface area contributed by atoms with Crippen molar-refractivity contribution in [2.75, 3.05) is 12.4 Å². The van der Waals surface area contributed by atoms with Crippen LogP contribution < -0.4 is 14.8 Å². The van der Waals surface area contributed by atoms with Crippen LogP contribution in [0.2, 0.25) is 0 Å². The molecule has 1 amide bonds. The van der Waals surface area contributed by atoms with Crippen LogP contribution in [0.25, 0.3) is 0 Å². The zero-order chi connectivity index (χ0) is 16.1. The molecule has 2 rings (SSSR count). The molecule has 1 N–H and O–H groups in total. The van der Waals surface area contributed by atoms with E-state index in [1.807, 2.05) is 50.2 Å². The van der Waals surface area contributed by atoms with Gasteiger partial charge in [0.25, 0.3) is 5.91 Å². The molecule has 4 heteroatoms. The maximum Gasteiger partial charge on any atom is 0.265 e. The van der Waals surface area contributed by atoms with Crippen molar-refractivity contribution >= 4 is 11.6 Å². The van der Waals surface area contributed by atoms with E-state index in [1.54, 1.807) is 20.1 Å². The number of hydrogen-bond donors (Lipinski definition) is 1. The molecular formula is C18H21NO3. The Morgan fingerprint density at radius 2 is 1.91 bits per heavy atom. The molecule has 0 radical (unpaired) electrons. The fraction of sp³-hybridized carbons (Fsp3) is 0.278. The van der Waals surface area contributed by atoms with Crippen LogP contribution in [0, 0.1) is 13.8 Å². The predicted molar refractivity (Wildman–Crippen MR) is 87.6 cm³/mol. The van der Waals surface area contributed by atoms with E-state index in [2.05, 4.69) is 5.32 Å². The molecule has 0 saturated heterocycles. The molecule has 0 aliphatic heterocycles. The zero-order valence-electron chi connectivity index (χ0n) is 13.3. The minimum absolute atomic E-state index is 0.200. The van der Waals surface area contributed by atoms with Gasteiger partial charge in [-0.25, -0.2) is 0 Å². The molecule has 1 unspecified atom stereocenters. The van der Waals surface area contributed by atoms with E-state index in [1.165, 1.54) is 0 Å². The van der Waals surface area contributed by atoms with Crippen molar-refractivity contribution in [3.8, 4) is 11.5 Å². The van der Waals surface area contributed by atoms with Crippen LogP contribution in [0.1, 0.15) is 18.1 Å². The van der Waals surface area contributed by atoms with Crippen molar-refractivity contribution in [3.63, 3.8) is 0 Å². The molecule has 0 aliphatic rings. The predicted octanol–water partition coefficient (Wildman–Crippen LogP) is 3.72. The van der Waals surface area contributed by atoms with Crippen molar-refractivity contribution in [3.05, 3.63) is 53.6 Å². The third-order valence-corrected chi connectivity index (χ3v) is 3.35. The summed E-state index contributed by atoms with van der Waals surface area (Å²) in [5.41, 5.74) is 2.79. The van der Waals surface area contributed by atoms with Crippen LogP contribution in [-0.2, 0) is 4.79 Å². The summed E-state index contributed by atoms with van der Waals surface area (Å²) in [7, 11) is 1.59. The van der Waals surface area contributed by atoms with Gasteiger partial charge in [-0.15, -0.1) is 0 Å². The Bertz CT molecular complexity index is 667. The summed E-state index contributed by atoms with van der Waals surface area (Å²) in [6.07, 6.45) is -0.591. The first kappa shape index (κ1) is 15.9. The first-order chi connectivity index (χ1) is 10.5. The SMILES string of the molecule is COc1cccc(NC(=O)C(C)Oc2cc(C)ccc2C)c1. The van der Waals surface area contributed by atoms with E-state index < -0.39 is 6.10 Å². The van der Waals surface area contributed by atoms with E-state index in [4.69, 9.17) is 9.47 Å². The monoisotopic (exact) mass is 299 g/mol. The summed E-state index contributed by atoms with van der Waals surface area (Å²) in [4.78, 5) is 12.2. The second-order valence-corrected chi connectivity index (χ2v) is 5.25. The number of rotatable bonds is 5. The van der Waals surface area contributed by atoms with Crippen LogP contribution in [0.3, 0.4) is 0 Å². The molecule has 0 bridgehead atoms. The third-order valence-electron chi connectivity index (χ3n) is 3.35. The number of carbonyl (C=O) groups is 1. The van der Waals surface area contributed by atoms with E-state index in [9.17, 15) is 4.79 Å². The zero-order valence-corrected chi connectivity index (χ0v) is 13.3. The van der Waals surface area contributed by atoms with Gasteiger partial charge in [0.1, 0.15) is 11.5 Å². The van der Waals surface area contributed by atoms with Gasteiger partial charge in [-0.3, -0.25) is 4.79 Å². The van der Waals surface area contributed by atoms with Gasteiger partial charge < -0.3 is 14.8 Å². The first-order valence-corrected chi connectivity index (χ1v) is 7.18. The molecule has 0 aliphatic carbocycles. The second-order valence-electron chi connectivity index (χ2n) is 5.25. The van der Waals surface area contributed by atoms with E-state index in [-0.39, 0.29) is 5.91 Å². The average Bonchev–Trinajstić information content (AvgIpc) is 2.51. The maximum atomic E-state index is 12.2. The van der Waals surface area contributed by atoms with Crippen LogP contribution in [0.4, 0.5) is 5.69 Å². The molecule has 2 aromatic carbocycles. The largest absolute Gasteiger partial charge is 0.497 e. The van der Waals surface area contributed by atoms with Crippen molar-refractivity contribution in [2.24, 2.45) is 0 Å². The van der Waals surface area contributed by atoms with Gasteiger partial charge in [0, 0.05) is 11.8 Å². The quantitative estimate of drug-likeness (QED) is 0.915. The Balaban J connectivity index is 2.04. The Morgan fingerprint density at radius 3 is 2.64 bits per heavy atom. The third kappa shape index (κ3) is 4.01. The molecule has 0 heterocycles. The van der Waals surface area contributed by atoms with Gasteiger partial charge in [-0.2, -0.15) is 0 Å². The topological polar surface area (TPSA) is 47.6 Å². The number of benzene rings is 2. The van der Waals surface area contributed by atoms with Gasteiger partial charge in [0.05, 0.1) is 7.11 Å². The lowest BCUT2D eigenvalue weighted by atomic mass is 10.1. The number of amides is 1. The number of ether oxygens (including phenoxy) is 2. The molecule has 22 heavy (non-hydrogen) atoms. The number of aryl methyl sites for hydroxylation is 2. The van der Waals surface area contributed by atoms with Crippen LogP contribution in [-0.4, -0.2) is 19.1 Å². The number of nitrogens with one attached hydrogen (secondary N) is 1. The minimum atomic E-state index is -0.591. The second kappa shape index (κ2) is 6.98. The highest BCUT2D eigenvalue weighted by Crippen LogP contribution is 2.21. The van der Waals surface area contributed by atoms with Crippen molar-refractivity contribution in [1.82, 2.24) is 0 Å². The molecule has 0 saturated carbocycles. The molecule has 2 aromatic rings. The fourth-order valence-electron chi connectivity index (χ4n) is 2.02. The Morgan fingerprint density at radius 1 is 1.14 bits per heavy atom. The normalized spacial score (nSPS) is 11.6. The molecule has 0 aromatic heterocycles. The highest BCUT2D eigenvalue weighted by molar-refractivity contribution is 5.94. The summed E-state index contributed by atoms with van der Waals surface area (Å²) < 4.78 is 10.9. The summed E-state index contributed by atoms with van der Waals surface area (Å²) in [6.45, 7) is 5.69. The van der Waals surface area contributed by atoms with Gasteiger partial charge in [0.2, 0.25) is 0 Å². The Kier molecular flexibility index (Phi) is 5.04. The van der Waals surface area contributed by atoms with E-state index >= 15 is 0 Å². The molecule has 1 atom stereocenters. The minimum Gasteiger partial charge on any atom is -0.497 e. The van der Waals surface area contributed by atoms with Crippen molar-refractivity contribution < 1.29 is 14.3 Å². The fourth-order valence-corrected chi connectivity index (χ4v) is 2.02. The number of hydrogen-bond acceptors (Lipinski definition) is 3. The summed E-state index contributed by atoms with van der Waals surface area (Å²) in [5, 5.41) is 2.83. The average molecular weight is 299 g/mol. The Labute approximate surface area is 131 Å². The summed E-state index contributed by atoms with van der Waals surface area (Å²) in [6, 6.07) is 13.2. The molecule has 4 nitrogen and oxygen atoms in total. The lowest BCUT2D eigenvalue weighted by Gasteiger charge is -2.17. The standard InChI is InChI=1S/C18H21NO3/c1-12-8-9-13(2)17(10-12)22-14(3)18(20)19-15-6-5-7-16(11-15)21-4/h5-11,14H,1-4H3,(H,19,20). The van der Waals surface area contributed by atoms with Crippen molar-refractivity contribution in [1.29, 1.82) is 0 Å². The maximum absolute atomic E-state index is 12.2. The Hall–Kier alpha value is -2.49. The summed E-state index contributed by atoms with van der Waals surface area (Å²) in [5.74, 6) is 1.23. The van der Waals surface area contributed by atoms with Gasteiger partial charge >= 0.3 is 0 Å². The molecule has 116 valence electrons. The van der Waals surface area contributed by atoms with Gasteiger partial charge in [-0.1, -0.05) is 18.2 Å². The van der Waals surface area contributed by atoms with Gasteiger partial charge in [0.15, 0.2) is 6.10 Å². The summed E-state index contributed by atoms with van der Waals surface area (Å²) >= 11 is 0. The van der Waals surface area contributed by atoms with Gasteiger partial charge in [-0.05, 0) is 50.1 Å². The molecule has 0 spiro atoms. The van der Waals surface area contributed by atoms with E-state index in [0.717, 1.165) is 16.9 Å². The van der Waals surface area contributed by atoms with Crippen LogP contribution >= 0.6 is 0 Å². The number of anilines is 1. The van der Waals surface area contributed by atoms with Crippen LogP contribution in [0.15, 0.2) is 42.5 Å². The lowest BCUT2D eigenvalue weighted by Crippen LogP contribution is -2.30. The number of methoxy groups -OCH3 is 1. The molecule has 0 fully saturated rings. The van der Waals surface area contributed by atoms with Crippen LogP contribution in [0.5, 0.6) is 11.5 Å². The number of carbonyl (C=O) groups excluding carboxylic acids is 1. The smallest absolute Gasteiger partial charge is 0.265 e. The first-order valence-electron chi connectivity index (χ1n) is 7.18.